The molecule has 0 saturated heterocycles. The van der Waals surface area contributed by atoms with Crippen LogP contribution in [0.4, 0.5) is 49.6 Å². The average molecular weight is 555 g/mol. The molecule has 3 heterocycles. The number of aromatic nitrogens is 2. The molecule has 0 bridgehead atoms. The third-order valence-electron chi connectivity index (χ3n) is 6.24. The number of anilines is 1. The molecule has 3 nitrogen and oxygen atoms in total. The molecular formula is C26H11F10N3. The SMILES string of the molecule is Fc1c(F)c(F)c(C2C=C(c3ccncc3)N(c3c(F)c(F)c(F)c(F)c3F)C2c2ccncc2)c(F)c1F. The van der Waals surface area contributed by atoms with Crippen LogP contribution < -0.4 is 4.90 Å². The van der Waals surface area contributed by atoms with Gasteiger partial charge >= 0.3 is 0 Å². The summed E-state index contributed by atoms with van der Waals surface area (Å²) in [5, 5.41) is 0. The Morgan fingerprint density at radius 1 is 0.513 bits per heavy atom. The summed E-state index contributed by atoms with van der Waals surface area (Å²) in [7, 11) is 0. The van der Waals surface area contributed by atoms with Crippen LogP contribution in [0.3, 0.4) is 0 Å². The summed E-state index contributed by atoms with van der Waals surface area (Å²) in [5.41, 5.74) is -3.31. The zero-order valence-corrected chi connectivity index (χ0v) is 19.0. The maximum atomic E-state index is 15.2. The molecule has 1 aliphatic rings. The molecule has 0 saturated carbocycles. The topological polar surface area (TPSA) is 29.0 Å². The fourth-order valence-corrected chi connectivity index (χ4v) is 4.55. The van der Waals surface area contributed by atoms with Crippen LogP contribution >= 0.6 is 0 Å². The first-order chi connectivity index (χ1) is 18.6. The fourth-order valence-electron chi connectivity index (χ4n) is 4.55. The van der Waals surface area contributed by atoms with Gasteiger partial charge in [0.2, 0.25) is 11.6 Å². The van der Waals surface area contributed by atoms with Gasteiger partial charge in [0, 0.05) is 47.5 Å². The number of nitrogens with zero attached hydrogens (tertiary/aromatic N) is 3. The molecule has 0 fully saturated rings. The molecule has 0 spiro atoms. The van der Waals surface area contributed by atoms with Crippen molar-refractivity contribution in [2.75, 3.05) is 4.90 Å². The van der Waals surface area contributed by atoms with Crippen molar-refractivity contribution in [1.82, 2.24) is 9.97 Å². The number of hydrogen-bond donors (Lipinski definition) is 0. The molecule has 0 amide bonds. The predicted octanol–water partition coefficient (Wildman–Crippen LogP) is 7.25. The molecule has 0 N–H and O–H groups in total. The minimum atomic E-state index is -2.46. The molecule has 39 heavy (non-hydrogen) atoms. The monoisotopic (exact) mass is 555 g/mol. The summed E-state index contributed by atoms with van der Waals surface area (Å²) < 4.78 is 145. The van der Waals surface area contributed by atoms with Gasteiger partial charge in [0.1, 0.15) is 5.69 Å². The van der Waals surface area contributed by atoms with E-state index in [-0.39, 0.29) is 16.8 Å². The number of hydrogen-bond acceptors (Lipinski definition) is 3. The lowest BCUT2D eigenvalue weighted by molar-refractivity contribution is 0.363. The van der Waals surface area contributed by atoms with Gasteiger partial charge in [-0.1, -0.05) is 0 Å². The molecular weight excluding hydrogens is 544 g/mol. The van der Waals surface area contributed by atoms with Gasteiger partial charge in [-0.15, -0.1) is 0 Å². The van der Waals surface area contributed by atoms with Crippen LogP contribution in [0.15, 0.2) is 55.1 Å². The molecule has 2 unspecified atom stereocenters. The van der Waals surface area contributed by atoms with Gasteiger partial charge in [-0.2, -0.15) is 0 Å². The van der Waals surface area contributed by atoms with E-state index in [1.807, 2.05) is 0 Å². The highest BCUT2D eigenvalue weighted by atomic mass is 19.2. The second-order valence-electron chi connectivity index (χ2n) is 8.31. The van der Waals surface area contributed by atoms with Crippen molar-refractivity contribution in [2.45, 2.75) is 12.0 Å². The lowest BCUT2D eigenvalue weighted by Gasteiger charge is -2.34. The molecule has 4 aromatic rings. The van der Waals surface area contributed by atoms with Gasteiger partial charge in [-0.25, -0.2) is 43.9 Å². The summed E-state index contributed by atoms with van der Waals surface area (Å²) in [6, 6.07) is 3.08. The van der Waals surface area contributed by atoms with Crippen LogP contribution in [0.2, 0.25) is 0 Å². The first kappa shape index (κ1) is 26.2. The smallest absolute Gasteiger partial charge is 0.200 e. The quantitative estimate of drug-likeness (QED) is 0.151. The third kappa shape index (κ3) is 3.99. The van der Waals surface area contributed by atoms with E-state index in [0.29, 0.717) is 4.90 Å². The summed E-state index contributed by atoms with van der Waals surface area (Å²) in [6.07, 6.45) is 5.59. The Hall–Kier alpha value is -4.42. The van der Waals surface area contributed by atoms with E-state index in [1.165, 1.54) is 36.7 Å². The maximum absolute atomic E-state index is 15.2. The van der Waals surface area contributed by atoms with E-state index < -0.39 is 81.4 Å². The second kappa shape index (κ2) is 9.71. The van der Waals surface area contributed by atoms with Crippen LogP contribution in [0.1, 0.15) is 28.7 Å². The van der Waals surface area contributed by atoms with Crippen LogP contribution in [-0.4, -0.2) is 9.97 Å². The van der Waals surface area contributed by atoms with E-state index in [9.17, 15) is 26.3 Å². The van der Waals surface area contributed by atoms with Gasteiger partial charge in [0.05, 0.1) is 6.04 Å². The molecule has 2 atom stereocenters. The van der Waals surface area contributed by atoms with Crippen molar-refractivity contribution in [3.05, 3.63) is 130 Å². The maximum Gasteiger partial charge on any atom is 0.200 e. The molecule has 0 radical (unpaired) electrons. The van der Waals surface area contributed by atoms with Gasteiger partial charge in [-0.3, -0.25) is 9.97 Å². The highest BCUT2D eigenvalue weighted by Gasteiger charge is 2.45. The van der Waals surface area contributed by atoms with Crippen molar-refractivity contribution in [3.8, 4) is 0 Å². The van der Waals surface area contributed by atoms with Gasteiger partial charge in [0.15, 0.2) is 46.5 Å². The standard InChI is InChI=1S/C26H11F10N3/c27-15-14(16(28)18(30)19(31)17(15)29)12-9-13(10-1-5-37-6-2-10)39(25(12)11-3-7-38-8-4-11)26-23(35)21(33)20(32)22(34)24(26)36/h1-9,12,25H. The predicted molar refractivity (Wildman–Crippen MR) is 117 cm³/mol. The summed E-state index contributed by atoms with van der Waals surface area (Å²) in [4.78, 5) is 8.09. The summed E-state index contributed by atoms with van der Waals surface area (Å²) in [5.74, 6) is -25.0. The normalized spacial score (nSPS) is 17.1. The lowest BCUT2D eigenvalue weighted by atomic mass is 9.87. The lowest BCUT2D eigenvalue weighted by Crippen LogP contribution is -2.29. The number of pyridine rings is 2. The summed E-state index contributed by atoms with van der Waals surface area (Å²) >= 11 is 0. The molecule has 5 rings (SSSR count). The van der Waals surface area contributed by atoms with Crippen LogP contribution in [-0.2, 0) is 0 Å². The van der Waals surface area contributed by atoms with E-state index >= 15 is 17.6 Å². The first-order valence-corrected chi connectivity index (χ1v) is 10.9. The molecule has 2 aromatic heterocycles. The van der Waals surface area contributed by atoms with Crippen molar-refractivity contribution in [1.29, 1.82) is 0 Å². The van der Waals surface area contributed by atoms with Gasteiger partial charge in [-0.05, 0) is 35.9 Å². The van der Waals surface area contributed by atoms with Crippen molar-refractivity contribution in [3.63, 3.8) is 0 Å². The molecule has 0 aliphatic carbocycles. The number of benzene rings is 2. The fraction of sp³-hybridized carbons (Fsp3) is 0.0769. The van der Waals surface area contributed by atoms with Gasteiger partial charge < -0.3 is 4.90 Å². The highest BCUT2D eigenvalue weighted by molar-refractivity contribution is 5.85. The Morgan fingerprint density at radius 3 is 1.41 bits per heavy atom. The zero-order valence-electron chi connectivity index (χ0n) is 19.0. The average Bonchev–Trinajstić information content (AvgIpc) is 3.33. The molecule has 2 aromatic carbocycles. The van der Waals surface area contributed by atoms with Crippen LogP contribution in [0.5, 0.6) is 0 Å². The van der Waals surface area contributed by atoms with Gasteiger partial charge in [0.25, 0.3) is 0 Å². The summed E-state index contributed by atoms with van der Waals surface area (Å²) in [6.45, 7) is 0. The van der Waals surface area contributed by atoms with Crippen molar-refractivity contribution >= 4 is 11.4 Å². The minimum Gasteiger partial charge on any atom is -0.328 e. The van der Waals surface area contributed by atoms with Crippen LogP contribution in [0, 0.1) is 58.2 Å². The van der Waals surface area contributed by atoms with E-state index in [4.69, 9.17) is 0 Å². The largest absolute Gasteiger partial charge is 0.328 e. The molecule has 13 heteroatoms. The minimum absolute atomic E-state index is 0.0133. The van der Waals surface area contributed by atoms with E-state index in [2.05, 4.69) is 9.97 Å². The second-order valence-corrected chi connectivity index (χ2v) is 8.31. The van der Waals surface area contributed by atoms with Crippen molar-refractivity contribution < 1.29 is 43.9 Å². The Balaban J connectivity index is 1.90. The Labute approximate surface area is 212 Å². The number of rotatable bonds is 4. The van der Waals surface area contributed by atoms with Crippen molar-refractivity contribution in [2.24, 2.45) is 0 Å². The highest BCUT2D eigenvalue weighted by Crippen LogP contribution is 2.53. The first-order valence-electron chi connectivity index (χ1n) is 10.9. The number of halogens is 10. The van der Waals surface area contributed by atoms with E-state index in [1.54, 1.807) is 0 Å². The Morgan fingerprint density at radius 2 is 0.923 bits per heavy atom. The Kier molecular flexibility index (Phi) is 6.52. The zero-order chi connectivity index (χ0) is 28.2. The van der Waals surface area contributed by atoms with E-state index in [0.717, 1.165) is 18.5 Å². The van der Waals surface area contributed by atoms with Crippen LogP contribution in [0.25, 0.3) is 5.70 Å². The molecule has 200 valence electrons. The molecule has 1 aliphatic heterocycles. The third-order valence-corrected chi connectivity index (χ3v) is 6.24. The Bertz CT molecular complexity index is 1570.